The van der Waals surface area contributed by atoms with Gasteiger partial charge in [-0.15, -0.1) is 4.68 Å². The number of hydrogen-bond acceptors (Lipinski definition) is 3. The summed E-state index contributed by atoms with van der Waals surface area (Å²) in [6, 6.07) is 0. The number of hydrogen-bond donors (Lipinski definition) is 0. The molecule has 2 aromatic rings. The van der Waals surface area contributed by atoms with Crippen molar-refractivity contribution in [1.29, 1.82) is 0 Å². The third kappa shape index (κ3) is 1.16. The highest BCUT2D eigenvalue weighted by Gasteiger charge is 2.12. The van der Waals surface area contributed by atoms with Crippen LogP contribution < -0.4 is 4.40 Å². The van der Waals surface area contributed by atoms with Crippen LogP contribution in [0.1, 0.15) is 11.4 Å². The highest BCUT2D eigenvalue weighted by Crippen LogP contribution is 2.02. The zero-order chi connectivity index (χ0) is 9.59. The molecule has 13 heavy (non-hydrogen) atoms. The van der Waals surface area contributed by atoms with Crippen LogP contribution in [-0.2, 0) is 19.7 Å². The Kier molecular flexibility index (Phi) is 1.69. The van der Waals surface area contributed by atoms with Crippen molar-refractivity contribution in [2.75, 3.05) is 0 Å². The van der Waals surface area contributed by atoms with Gasteiger partial charge in [0.15, 0.2) is 5.16 Å². The summed E-state index contributed by atoms with van der Waals surface area (Å²) < 4.78 is 3.64. The van der Waals surface area contributed by atoms with Gasteiger partial charge in [-0.05, 0) is 13.8 Å². The van der Waals surface area contributed by atoms with Crippen molar-refractivity contribution < 1.29 is 4.40 Å². The monoisotopic (exact) mass is 194 g/mol. The van der Waals surface area contributed by atoms with E-state index in [2.05, 4.69) is 10.1 Å². The second-order valence-electron chi connectivity index (χ2n) is 3.07. The lowest BCUT2D eigenvalue weighted by Crippen LogP contribution is -2.25. The number of aromatic nitrogens is 4. The van der Waals surface area contributed by atoms with Gasteiger partial charge in [-0.25, -0.2) is 9.38 Å². The molecule has 5 heteroatoms. The molecule has 0 bridgehead atoms. The molecule has 2 heterocycles. The highest BCUT2D eigenvalue weighted by atomic mass is 32.1. The molecule has 0 radical (unpaired) electrons. The standard InChI is InChI=1S/C8H10N4S/c1-5-4-12-7(6(2)9-5)11(3)10-8(12)13/h4H,1-3H3. The van der Waals surface area contributed by atoms with Gasteiger partial charge in [0.1, 0.15) is 5.69 Å². The smallest absolute Gasteiger partial charge is 0.284 e. The van der Waals surface area contributed by atoms with E-state index in [-0.39, 0.29) is 0 Å². The van der Waals surface area contributed by atoms with Gasteiger partial charge >= 0.3 is 0 Å². The zero-order valence-electron chi connectivity index (χ0n) is 7.77. The fourth-order valence-electron chi connectivity index (χ4n) is 1.53. The Balaban J connectivity index is 2.97. The molecule has 0 unspecified atom stereocenters. The molecule has 2 aromatic heterocycles. The molecule has 0 aliphatic rings. The minimum Gasteiger partial charge on any atom is -0.702 e. The highest BCUT2D eigenvalue weighted by molar-refractivity contribution is 7.58. The van der Waals surface area contributed by atoms with Crippen LogP contribution in [0.2, 0.25) is 0 Å². The van der Waals surface area contributed by atoms with Crippen LogP contribution >= 0.6 is 0 Å². The summed E-state index contributed by atoms with van der Waals surface area (Å²) >= 11 is 5.10. The fourth-order valence-corrected chi connectivity index (χ4v) is 1.79. The fraction of sp³-hybridized carbons (Fsp3) is 0.375. The van der Waals surface area contributed by atoms with Gasteiger partial charge in [-0.2, -0.15) is 0 Å². The molecule has 0 amide bonds. The molecule has 0 saturated carbocycles. The van der Waals surface area contributed by atoms with Crippen molar-refractivity contribution in [1.82, 2.24) is 14.8 Å². The molecule has 0 saturated heterocycles. The van der Waals surface area contributed by atoms with Crippen molar-refractivity contribution in [3.05, 3.63) is 17.6 Å². The molecule has 0 aromatic carbocycles. The number of rotatable bonds is 0. The maximum absolute atomic E-state index is 5.10. The number of fused-ring (bicyclic) bond motifs is 1. The third-order valence-corrected chi connectivity index (χ3v) is 2.24. The quantitative estimate of drug-likeness (QED) is 0.440. The Bertz CT molecular complexity index is 474. The van der Waals surface area contributed by atoms with E-state index in [4.69, 9.17) is 12.6 Å². The van der Waals surface area contributed by atoms with E-state index >= 15 is 0 Å². The summed E-state index contributed by atoms with van der Waals surface area (Å²) in [5, 5.41) is 4.72. The largest absolute Gasteiger partial charge is 0.702 e. The molecular weight excluding hydrogens is 184 g/mol. The Hall–Kier alpha value is -1.23. The first kappa shape index (κ1) is 8.37. The molecule has 0 N–H and O–H groups in total. The van der Waals surface area contributed by atoms with Crippen LogP contribution in [0.25, 0.3) is 5.65 Å². The predicted octanol–water partition coefficient (Wildman–Crippen LogP) is 0.0764. The Morgan fingerprint density at radius 3 is 2.85 bits per heavy atom. The molecule has 0 aliphatic heterocycles. The molecule has 0 spiro atoms. The van der Waals surface area contributed by atoms with Crippen molar-refractivity contribution in [3.63, 3.8) is 0 Å². The maximum atomic E-state index is 5.10. The van der Waals surface area contributed by atoms with E-state index in [0.717, 1.165) is 17.0 Å². The van der Waals surface area contributed by atoms with E-state index in [1.165, 1.54) is 0 Å². The van der Waals surface area contributed by atoms with Crippen LogP contribution in [0.15, 0.2) is 11.4 Å². The first-order chi connectivity index (χ1) is 6.09. The average molecular weight is 194 g/mol. The lowest BCUT2D eigenvalue weighted by Gasteiger charge is -1.97. The topological polar surface area (TPSA) is 34.8 Å². The lowest BCUT2D eigenvalue weighted by molar-refractivity contribution is -0.557. The van der Waals surface area contributed by atoms with Gasteiger partial charge in [-0.3, -0.25) is 0 Å². The van der Waals surface area contributed by atoms with Gasteiger partial charge in [0.2, 0.25) is 0 Å². The molecule has 0 atom stereocenters. The summed E-state index contributed by atoms with van der Waals surface area (Å²) in [4.78, 5) is 4.35. The van der Waals surface area contributed by atoms with Crippen LogP contribution in [0.5, 0.6) is 0 Å². The Labute approximate surface area is 81.6 Å². The van der Waals surface area contributed by atoms with Crippen molar-refractivity contribution in [3.8, 4) is 0 Å². The molecule has 68 valence electrons. The summed E-state index contributed by atoms with van der Waals surface area (Å²) in [6.45, 7) is 3.90. The molecule has 0 fully saturated rings. The van der Waals surface area contributed by atoms with Crippen LogP contribution in [0.3, 0.4) is 0 Å². The predicted molar refractivity (Wildman–Crippen MR) is 49.3 cm³/mol. The number of aryl methyl sites for hydroxylation is 3. The normalized spacial score (nSPS) is 11.0. The van der Waals surface area contributed by atoms with E-state index in [1.807, 2.05) is 31.5 Å². The van der Waals surface area contributed by atoms with Crippen LogP contribution in [-0.4, -0.2) is 14.8 Å². The van der Waals surface area contributed by atoms with E-state index < -0.39 is 0 Å². The minimum atomic E-state index is 0.575. The summed E-state index contributed by atoms with van der Waals surface area (Å²) in [5.41, 5.74) is 2.86. The van der Waals surface area contributed by atoms with Crippen molar-refractivity contribution in [2.45, 2.75) is 19.0 Å². The van der Waals surface area contributed by atoms with Crippen molar-refractivity contribution in [2.24, 2.45) is 7.05 Å². The van der Waals surface area contributed by atoms with Gasteiger partial charge in [0.05, 0.1) is 18.9 Å². The lowest BCUT2D eigenvalue weighted by atomic mass is 10.4. The van der Waals surface area contributed by atoms with E-state index in [9.17, 15) is 0 Å². The zero-order valence-corrected chi connectivity index (χ0v) is 8.59. The molecule has 2 rings (SSSR count). The first-order valence-corrected chi connectivity index (χ1v) is 4.40. The third-order valence-electron chi connectivity index (χ3n) is 1.96. The average Bonchev–Trinajstić information content (AvgIpc) is 2.27. The summed E-state index contributed by atoms with van der Waals surface area (Å²) in [6.07, 6.45) is 1.90. The summed E-state index contributed by atoms with van der Waals surface area (Å²) in [5.74, 6) is 0. The first-order valence-electron chi connectivity index (χ1n) is 3.99. The SMILES string of the molecule is Cc1c[n+]2c([S-])nn(C)c2c(C)n1. The Morgan fingerprint density at radius 2 is 2.15 bits per heavy atom. The number of nitrogens with zero attached hydrogens (tertiary/aromatic N) is 4. The minimum absolute atomic E-state index is 0.575. The maximum Gasteiger partial charge on any atom is 0.284 e. The van der Waals surface area contributed by atoms with Gasteiger partial charge < -0.3 is 12.6 Å². The van der Waals surface area contributed by atoms with Gasteiger partial charge in [0.25, 0.3) is 5.65 Å². The van der Waals surface area contributed by atoms with E-state index in [1.54, 1.807) is 4.68 Å². The second-order valence-corrected chi connectivity index (χ2v) is 3.43. The molecular formula is C8H10N4S. The second kappa shape index (κ2) is 2.63. The molecule has 0 aliphatic carbocycles. The molecule has 4 nitrogen and oxygen atoms in total. The van der Waals surface area contributed by atoms with Gasteiger partial charge in [-0.1, -0.05) is 0 Å². The summed E-state index contributed by atoms with van der Waals surface area (Å²) in [7, 11) is 1.87. The van der Waals surface area contributed by atoms with Crippen LogP contribution in [0.4, 0.5) is 0 Å². The van der Waals surface area contributed by atoms with Gasteiger partial charge in [0, 0.05) is 5.10 Å². The van der Waals surface area contributed by atoms with Crippen LogP contribution in [0, 0.1) is 13.8 Å². The van der Waals surface area contributed by atoms with Crippen molar-refractivity contribution >= 4 is 18.3 Å². The Morgan fingerprint density at radius 1 is 1.46 bits per heavy atom. The van der Waals surface area contributed by atoms with E-state index in [0.29, 0.717) is 5.16 Å².